The second kappa shape index (κ2) is 13.9. The minimum Gasteiger partial charge on any atom is -0.493 e. The fourth-order valence-electron chi connectivity index (χ4n) is 6.07. The highest BCUT2D eigenvalue weighted by Crippen LogP contribution is 2.47. The quantitative estimate of drug-likeness (QED) is 0.150. The van der Waals surface area contributed by atoms with Crippen LogP contribution in [0.15, 0.2) is 61.2 Å². The van der Waals surface area contributed by atoms with E-state index in [0.717, 1.165) is 42.6 Å². The van der Waals surface area contributed by atoms with Gasteiger partial charge in [-0.3, -0.25) is 14.4 Å². The lowest BCUT2D eigenvalue weighted by Crippen LogP contribution is -2.63. The largest absolute Gasteiger partial charge is 0.493 e. The first-order valence-electron chi connectivity index (χ1n) is 15.5. The maximum Gasteiger partial charge on any atom is 0.246 e. The van der Waals surface area contributed by atoms with Gasteiger partial charge in [-0.15, -0.1) is 0 Å². The number of nitrogens with one attached hydrogen (secondary N) is 2. The summed E-state index contributed by atoms with van der Waals surface area (Å²) in [5.41, 5.74) is 1.58. The topological polar surface area (TPSA) is 97.2 Å². The summed E-state index contributed by atoms with van der Waals surface area (Å²) in [6.07, 6.45) is 6.77. The number of amides is 1. The van der Waals surface area contributed by atoms with Gasteiger partial charge in [0, 0.05) is 35.4 Å². The molecule has 0 bridgehead atoms. The maximum atomic E-state index is 13.4. The zero-order valence-electron chi connectivity index (χ0n) is 27.7. The second-order valence-electron chi connectivity index (χ2n) is 13.6. The molecule has 10 heteroatoms. The van der Waals surface area contributed by atoms with Crippen LogP contribution in [0.5, 0.6) is 5.75 Å². The molecule has 0 saturated heterocycles. The molecule has 0 aliphatic heterocycles. The summed E-state index contributed by atoms with van der Waals surface area (Å²) in [6, 6.07) is 11.5. The van der Waals surface area contributed by atoms with Gasteiger partial charge in [-0.05, 0) is 67.5 Å². The molecule has 2 aromatic heterocycles. The van der Waals surface area contributed by atoms with Crippen LogP contribution < -0.4 is 15.4 Å². The Labute approximate surface area is 266 Å². The van der Waals surface area contributed by atoms with Crippen molar-refractivity contribution in [3.8, 4) is 5.75 Å². The summed E-state index contributed by atoms with van der Waals surface area (Å²) in [5, 5.41) is 11.0. The van der Waals surface area contributed by atoms with Gasteiger partial charge in [0.1, 0.15) is 30.3 Å². The molecule has 4 rings (SSSR count). The zero-order chi connectivity index (χ0) is 32.8. The SMILES string of the molecule is [CH2]C(N(CCC)CCCOc1ccc2c(Nc3cnn(CC(=O)Nc4cccc(F)c4)c3)ncnc2c1)(C(C)(C)C)C(C)(C)C. The summed E-state index contributed by atoms with van der Waals surface area (Å²) in [5.74, 6) is 0.629. The Morgan fingerprint density at radius 2 is 1.78 bits per heavy atom. The van der Waals surface area contributed by atoms with Crippen molar-refractivity contribution in [1.82, 2.24) is 24.6 Å². The van der Waals surface area contributed by atoms with E-state index >= 15 is 0 Å². The number of ether oxygens (including phenoxy) is 1. The molecule has 4 aromatic rings. The second-order valence-corrected chi connectivity index (χ2v) is 13.6. The molecule has 1 amide bonds. The highest BCUT2D eigenvalue weighted by Gasteiger charge is 2.50. The number of anilines is 3. The Balaban J connectivity index is 1.36. The maximum absolute atomic E-state index is 13.4. The van der Waals surface area contributed by atoms with E-state index in [4.69, 9.17) is 11.7 Å². The normalized spacial score (nSPS) is 12.5. The van der Waals surface area contributed by atoms with Crippen LogP contribution in [-0.4, -0.2) is 55.8 Å². The number of halogens is 1. The number of rotatable bonds is 13. The minimum atomic E-state index is -0.416. The van der Waals surface area contributed by atoms with E-state index in [9.17, 15) is 9.18 Å². The van der Waals surface area contributed by atoms with Gasteiger partial charge in [0.2, 0.25) is 5.91 Å². The van der Waals surface area contributed by atoms with Crippen LogP contribution in [0.4, 0.5) is 21.6 Å². The lowest BCUT2D eigenvalue weighted by Gasteiger charge is -2.58. The molecule has 9 nitrogen and oxygen atoms in total. The average molecular weight is 617 g/mol. The molecule has 0 saturated carbocycles. The van der Waals surface area contributed by atoms with Crippen LogP contribution in [0.25, 0.3) is 10.9 Å². The first-order chi connectivity index (χ1) is 21.2. The van der Waals surface area contributed by atoms with Gasteiger partial charge in [0.25, 0.3) is 0 Å². The van der Waals surface area contributed by atoms with E-state index < -0.39 is 5.82 Å². The molecule has 1 radical (unpaired) electrons. The third kappa shape index (κ3) is 8.16. The number of hydrogen-bond acceptors (Lipinski definition) is 7. The fourth-order valence-corrected chi connectivity index (χ4v) is 6.07. The van der Waals surface area contributed by atoms with E-state index in [0.29, 0.717) is 23.8 Å². The molecule has 2 heterocycles. The fraction of sp³-hybridized carbons (Fsp3) is 0.457. The summed E-state index contributed by atoms with van der Waals surface area (Å²) in [4.78, 5) is 23.8. The Bertz CT molecular complexity index is 1570. The Morgan fingerprint density at radius 1 is 1.02 bits per heavy atom. The van der Waals surface area contributed by atoms with Gasteiger partial charge in [0.05, 0.1) is 24.0 Å². The van der Waals surface area contributed by atoms with Crippen molar-refractivity contribution >= 4 is 34.0 Å². The van der Waals surface area contributed by atoms with Gasteiger partial charge in [-0.2, -0.15) is 5.10 Å². The van der Waals surface area contributed by atoms with E-state index in [1.807, 2.05) is 18.2 Å². The van der Waals surface area contributed by atoms with E-state index in [1.54, 1.807) is 18.5 Å². The molecule has 2 aromatic carbocycles. The van der Waals surface area contributed by atoms with E-state index in [2.05, 4.69) is 79.1 Å². The predicted octanol–water partition coefficient (Wildman–Crippen LogP) is 7.49. The molecule has 0 spiro atoms. The monoisotopic (exact) mass is 616 g/mol. The van der Waals surface area contributed by atoms with Crippen molar-refractivity contribution in [3.05, 3.63) is 73.9 Å². The molecule has 241 valence electrons. The molecular formula is C35H47FN7O2. The highest BCUT2D eigenvalue weighted by molar-refractivity contribution is 5.92. The van der Waals surface area contributed by atoms with E-state index in [-0.39, 0.29) is 28.8 Å². The Kier molecular flexibility index (Phi) is 10.5. The first kappa shape index (κ1) is 33.8. The van der Waals surface area contributed by atoms with Gasteiger partial charge < -0.3 is 15.4 Å². The van der Waals surface area contributed by atoms with Crippen molar-refractivity contribution < 1.29 is 13.9 Å². The molecule has 0 unspecified atom stereocenters. The van der Waals surface area contributed by atoms with Crippen LogP contribution in [0, 0.1) is 23.6 Å². The third-order valence-corrected chi connectivity index (χ3v) is 8.27. The number of hydrogen-bond donors (Lipinski definition) is 2. The van der Waals surface area contributed by atoms with Crippen molar-refractivity contribution in [3.63, 3.8) is 0 Å². The van der Waals surface area contributed by atoms with Crippen LogP contribution in [-0.2, 0) is 11.3 Å². The lowest BCUT2D eigenvalue weighted by atomic mass is 9.60. The molecular weight excluding hydrogens is 569 g/mol. The smallest absolute Gasteiger partial charge is 0.246 e. The van der Waals surface area contributed by atoms with Crippen molar-refractivity contribution in [2.45, 2.75) is 73.4 Å². The number of carbonyl (C=O) groups is 1. The number of carbonyl (C=O) groups excluding carboxylic acids is 1. The third-order valence-electron chi connectivity index (χ3n) is 8.27. The van der Waals surface area contributed by atoms with Crippen LogP contribution >= 0.6 is 0 Å². The summed E-state index contributed by atoms with van der Waals surface area (Å²) in [6.45, 7) is 23.2. The van der Waals surface area contributed by atoms with Crippen LogP contribution in [0.3, 0.4) is 0 Å². The van der Waals surface area contributed by atoms with Gasteiger partial charge in [-0.1, -0.05) is 54.5 Å². The Hall–Kier alpha value is -4.05. The van der Waals surface area contributed by atoms with Gasteiger partial charge in [0.15, 0.2) is 0 Å². The number of aromatic nitrogens is 4. The number of nitrogens with zero attached hydrogens (tertiary/aromatic N) is 5. The minimum absolute atomic E-state index is 0.00256. The molecule has 0 aliphatic rings. The van der Waals surface area contributed by atoms with Crippen LogP contribution in [0.1, 0.15) is 61.3 Å². The standard InChI is InChI=1S/C35H47FN7O2/c1-9-16-42(35(8,33(2,3)4)34(5,6)7)17-11-18-45-28-14-15-29-30(20-28)37-24-38-32(29)41-27-21-39-43(22-27)23-31(44)40-26-13-10-12-25(36)19-26/h10,12-15,19-22,24H,8-9,11,16-18,23H2,1-7H3,(H,40,44)(H,37,38,41). The zero-order valence-corrected chi connectivity index (χ0v) is 27.7. The molecule has 45 heavy (non-hydrogen) atoms. The van der Waals surface area contributed by atoms with Crippen LogP contribution in [0.2, 0.25) is 0 Å². The Morgan fingerprint density at radius 3 is 2.47 bits per heavy atom. The first-order valence-corrected chi connectivity index (χ1v) is 15.5. The highest BCUT2D eigenvalue weighted by atomic mass is 19.1. The summed E-state index contributed by atoms with van der Waals surface area (Å²) >= 11 is 0. The van der Waals surface area contributed by atoms with Crippen molar-refractivity contribution in [2.75, 3.05) is 30.3 Å². The molecule has 2 N–H and O–H groups in total. The predicted molar refractivity (Wildman–Crippen MR) is 179 cm³/mol. The summed E-state index contributed by atoms with van der Waals surface area (Å²) < 4.78 is 21.1. The summed E-state index contributed by atoms with van der Waals surface area (Å²) in [7, 11) is 0. The van der Waals surface area contributed by atoms with Crippen molar-refractivity contribution in [1.29, 1.82) is 0 Å². The molecule has 0 fully saturated rings. The molecule has 0 aliphatic carbocycles. The molecule has 0 atom stereocenters. The lowest BCUT2D eigenvalue weighted by molar-refractivity contribution is -0.116. The van der Waals surface area contributed by atoms with Gasteiger partial charge >= 0.3 is 0 Å². The number of benzene rings is 2. The van der Waals surface area contributed by atoms with E-state index in [1.165, 1.54) is 29.2 Å². The average Bonchev–Trinajstić information content (AvgIpc) is 3.39. The number of fused-ring (bicyclic) bond motifs is 1. The van der Waals surface area contributed by atoms with Gasteiger partial charge in [-0.25, -0.2) is 14.4 Å². The van der Waals surface area contributed by atoms with Crippen molar-refractivity contribution in [2.24, 2.45) is 10.8 Å².